The molecule has 0 saturated heterocycles. The zero-order chi connectivity index (χ0) is 13.6. The molecule has 0 spiro atoms. The lowest BCUT2D eigenvalue weighted by molar-refractivity contribution is -0.142. The van der Waals surface area contributed by atoms with Crippen LogP contribution in [0.4, 0.5) is 0 Å². The van der Waals surface area contributed by atoms with Gasteiger partial charge in [-0.3, -0.25) is 9.78 Å². The second kappa shape index (κ2) is 4.57. The van der Waals surface area contributed by atoms with Crippen molar-refractivity contribution in [1.29, 1.82) is 0 Å². The van der Waals surface area contributed by atoms with Gasteiger partial charge in [0.25, 0.3) is 0 Å². The van der Waals surface area contributed by atoms with E-state index in [0.29, 0.717) is 12.2 Å². The van der Waals surface area contributed by atoms with Gasteiger partial charge in [-0.15, -0.1) is 0 Å². The second-order valence-corrected chi connectivity index (χ2v) is 7.26. The van der Waals surface area contributed by atoms with E-state index >= 15 is 0 Å². The first-order valence-corrected chi connectivity index (χ1v) is 7.81. The largest absolute Gasteiger partial charge is 0.425 e. The van der Waals surface area contributed by atoms with E-state index in [4.69, 9.17) is 4.74 Å². The third-order valence-electron chi connectivity index (χ3n) is 5.55. The normalized spacial score (nSPS) is 37.9. The molecule has 0 radical (unpaired) electrons. The number of aromatic nitrogens is 1. The van der Waals surface area contributed by atoms with Crippen LogP contribution in [0, 0.1) is 23.2 Å². The Morgan fingerprint density at radius 3 is 2.40 bits per heavy atom. The lowest BCUT2D eigenvalue weighted by atomic mass is 9.49. The number of pyridine rings is 1. The van der Waals surface area contributed by atoms with Crippen LogP contribution in [-0.4, -0.2) is 11.0 Å². The summed E-state index contributed by atoms with van der Waals surface area (Å²) in [6.45, 7) is 0. The maximum atomic E-state index is 12.2. The van der Waals surface area contributed by atoms with E-state index in [-0.39, 0.29) is 11.4 Å². The number of hydrogen-bond donors (Lipinski definition) is 0. The van der Waals surface area contributed by atoms with Gasteiger partial charge in [0, 0.05) is 6.20 Å². The summed E-state index contributed by atoms with van der Waals surface area (Å²) in [5.74, 6) is 3.15. The monoisotopic (exact) mass is 271 g/mol. The van der Waals surface area contributed by atoms with Crippen molar-refractivity contribution in [2.75, 3.05) is 0 Å². The molecule has 1 heterocycles. The summed E-state index contributed by atoms with van der Waals surface area (Å²) < 4.78 is 5.45. The SMILES string of the molecule is O=C(CC12CC3CC(CC(C3)C1)C2)Oc1cccnc1. The molecule has 4 saturated carbocycles. The van der Waals surface area contributed by atoms with Crippen molar-refractivity contribution in [3.8, 4) is 5.75 Å². The molecule has 0 atom stereocenters. The summed E-state index contributed by atoms with van der Waals surface area (Å²) in [4.78, 5) is 16.2. The predicted octanol–water partition coefficient (Wildman–Crippen LogP) is 3.59. The molecule has 20 heavy (non-hydrogen) atoms. The third-order valence-corrected chi connectivity index (χ3v) is 5.55. The first-order valence-electron chi connectivity index (χ1n) is 7.81. The molecule has 0 unspecified atom stereocenters. The van der Waals surface area contributed by atoms with Gasteiger partial charge in [0.1, 0.15) is 5.75 Å². The van der Waals surface area contributed by atoms with Gasteiger partial charge in [0.2, 0.25) is 0 Å². The lowest BCUT2D eigenvalue weighted by Crippen LogP contribution is -2.47. The third kappa shape index (κ3) is 2.23. The molecule has 0 N–H and O–H groups in total. The molecule has 1 aromatic heterocycles. The topological polar surface area (TPSA) is 39.2 Å². The fraction of sp³-hybridized carbons (Fsp3) is 0.647. The van der Waals surface area contributed by atoms with Crippen LogP contribution in [0.2, 0.25) is 0 Å². The molecule has 1 aromatic rings. The average molecular weight is 271 g/mol. The first-order chi connectivity index (χ1) is 9.71. The molecule has 4 aliphatic carbocycles. The number of hydrogen-bond acceptors (Lipinski definition) is 3. The van der Waals surface area contributed by atoms with E-state index in [1.165, 1.54) is 38.5 Å². The van der Waals surface area contributed by atoms with Crippen LogP contribution >= 0.6 is 0 Å². The number of nitrogens with zero attached hydrogens (tertiary/aromatic N) is 1. The molecule has 0 aliphatic heterocycles. The van der Waals surface area contributed by atoms with Crippen LogP contribution in [-0.2, 0) is 4.79 Å². The Hall–Kier alpha value is -1.38. The van der Waals surface area contributed by atoms with E-state index < -0.39 is 0 Å². The zero-order valence-corrected chi connectivity index (χ0v) is 11.8. The van der Waals surface area contributed by atoms with Crippen molar-refractivity contribution < 1.29 is 9.53 Å². The Kier molecular flexibility index (Phi) is 2.83. The van der Waals surface area contributed by atoms with Gasteiger partial charge in [-0.1, -0.05) is 0 Å². The van der Waals surface area contributed by atoms with E-state index in [9.17, 15) is 4.79 Å². The van der Waals surface area contributed by atoms with Crippen molar-refractivity contribution in [1.82, 2.24) is 4.98 Å². The quantitative estimate of drug-likeness (QED) is 0.789. The highest BCUT2D eigenvalue weighted by atomic mass is 16.5. The molecule has 0 amide bonds. The van der Waals surface area contributed by atoms with Crippen LogP contribution in [0.1, 0.15) is 44.9 Å². The van der Waals surface area contributed by atoms with Gasteiger partial charge < -0.3 is 4.74 Å². The number of rotatable bonds is 3. The van der Waals surface area contributed by atoms with Gasteiger partial charge >= 0.3 is 5.97 Å². The molecule has 3 heteroatoms. The van der Waals surface area contributed by atoms with Crippen molar-refractivity contribution in [2.24, 2.45) is 23.2 Å². The Balaban J connectivity index is 1.45. The molecule has 4 bridgehead atoms. The zero-order valence-electron chi connectivity index (χ0n) is 11.8. The Labute approximate surface area is 119 Å². The molecule has 106 valence electrons. The fourth-order valence-electron chi connectivity index (χ4n) is 5.39. The first kappa shape index (κ1) is 12.4. The summed E-state index contributed by atoms with van der Waals surface area (Å²) in [6, 6.07) is 3.60. The minimum absolute atomic E-state index is 0.0695. The highest BCUT2D eigenvalue weighted by molar-refractivity contribution is 5.73. The van der Waals surface area contributed by atoms with Crippen molar-refractivity contribution in [3.05, 3.63) is 24.5 Å². The number of carbonyl (C=O) groups is 1. The van der Waals surface area contributed by atoms with E-state index in [2.05, 4.69) is 4.98 Å². The minimum Gasteiger partial charge on any atom is -0.425 e. The van der Waals surface area contributed by atoms with Crippen molar-refractivity contribution >= 4 is 5.97 Å². The smallest absolute Gasteiger partial charge is 0.311 e. The van der Waals surface area contributed by atoms with Crippen molar-refractivity contribution in [2.45, 2.75) is 44.9 Å². The Morgan fingerprint density at radius 1 is 1.20 bits per heavy atom. The molecule has 3 nitrogen and oxygen atoms in total. The number of carbonyl (C=O) groups excluding carboxylic acids is 1. The van der Waals surface area contributed by atoms with Gasteiger partial charge in [-0.2, -0.15) is 0 Å². The Morgan fingerprint density at radius 2 is 1.85 bits per heavy atom. The van der Waals surface area contributed by atoms with E-state index in [0.717, 1.165) is 17.8 Å². The molecule has 4 fully saturated rings. The van der Waals surface area contributed by atoms with Gasteiger partial charge in [-0.25, -0.2) is 0 Å². The van der Waals surface area contributed by atoms with Crippen molar-refractivity contribution in [3.63, 3.8) is 0 Å². The van der Waals surface area contributed by atoms with Gasteiger partial charge in [0.15, 0.2) is 0 Å². The number of esters is 1. The second-order valence-electron chi connectivity index (χ2n) is 7.26. The molecule has 4 aliphatic rings. The van der Waals surface area contributed by atoms with Gasteiger partial charge in [0.05, 0.1) is 12.6 Å². The molecule has 5 rings (SSSR count). The summed E-state index contributed by atoms with van der Waals surface area (Å²) in [7, 11) is 0. The molecular weight excluding hydrogens is 250 g/mol. The maximum absolute atomic E-state index is 12.2. The van der Waals surface area contributed by atoms with Crippen LogP contribution in [0.25, 0.3) is 0 Å². The minimum atomic E-state index is -0.0695. The standard InChI is InChI=1S/C17H21NO2/c19-16(20-15-2-1-3-18-11-15)10-17-7-12-4-13(8-17)6-14(5-12)9-17/h1-3,11-14H,4-10H2. The van der Waals surface area contributed by atoms with Crippen LogP contribution in [0.5, 0.6) is 5.75 Å². The molecule has 0 aromatic carbocycles. The summed E-state index contributed by atoms with van der Waals surface area (Å²) in [5.41, 5.74) is 0.258. The average Bonchev–Trinajstić information content (AvgIpc) is 2.37. The molecular formula is C17H21NO2. The summed E-state index contributed by atoms with van der Waals surface area (Å²) >= 11 is 0. The lowest BCUT2D eigenvalue weighted by Gasteiger charge is -2.56. The fourth-order valence-corrected chi connectivity index (χ4v) is 5.39. The predicted molar refractivity (Wildman–Crippen MR) is 75.1 cm³/mol. The van der Waals surface area contributed by atoms with E-state index in [1.54, 1.807) is 24.5 Å². The van der Waals surface area contributed by atoms with Crippen LogP contribution in [0.3, 0.4) is 0 Å². The Bertz CT molecular complexity index is 476. The number of ether oxygens (including phenoxy) is 1. The van der Waals surface area contributed by atoms with Crippen LogP contribution in [0.15, 0.2) is 24.5 Å². The summed E-state index contributed by atoms with van der Waals surface area (Å²) in [5, 5.41) is 0. The highest BCUT2D eigenvalue weighted by Crippen LogP contribution is 2.61. The van der Waals surface area contributed by atoms with Gasteiger partial charge in [-0.05, 0) is 73.8 Å². The maximum Gasteiger partial charge on any atom is 0.311 e. The van der Waals surface area contributed by atoms with E-state index in [1.807, 2.05) is 0 Å². The summed E-state index contributed by atoms with van der Waals surface area (Å²) in [6.07, 6.45) is 11.9. The van der Waals surface area contributed by atoms with Crippen LogP contribution < -0.4 is 4.74 Å². The highest BCUT2D eigenvalue weighted by Gasteiger charge is 2.51.